The summed E-state index contributed by atoms with van der Waals surface area (Å²) in [4.78, 5) is 25.5. The minimum atomic E-state index is -1.01. The number of hydrogen-bond acceptors (Lipinski definition) is 3. The highest BCUT2D eigenvalue weighted by molar-refractivity contribution is 5.83. The molecule has 0 saturated carbocycles. The van der Waals surface area contributed by atoms with Crippen molar-refractivity contribution in [2.75, 3.05) is 19.6 Å². The van der Waals surface area contributed by atoms with E-state index in [1.165, 1.54) is 0 Å². The molecular weight excluding hydrogens is 258 g/mol. The van der Waals surface area contributed by atoms with Gasteiger partial charge in [-0.2, -0.15) is 0 Å². The van der Waals surface area contributed by atoms with Crippen LogP contribution in [0.5, 0.6) is 0 Å². The van der Waals surface area contributed by atoms with Crippen molar-refractivity contribution in [3.8, 4) is 0 Å². The summed E-state index contributed by atoms with van der Waals surface area (Å²) in [6.45, 7) is 10.4. The highest BCUT2D eigenvalue weighted by atomic mass is 16.4. The predicted octanol–water partition coefficient (Wildman–Crippen LogP) is 1.27. The van der Waals surface area contributed by atoms with Crippen LogP contribution in [0.3, 0.4) is 0 Å². The molecule has 1 unspecified atom stereocenters. The van der Waals surface area contributed by atoms with Gasteiger partial charge in [0, 0.05) is 12.6 Å². The lowest BCUT2D eigenvalue weighted by molar-refractivity contribution is -0.141. The van der Waals surface area contributed by atoms with Crippen LogP contribution in [0.2, 0.25) is 0 Å². The number of likely N-dealkylation sites (tertiary alicyclic amines) is 1. The Kier molecular flexibility index (Phi) is 5.80. The monoisotopic (exact) mass is 285 g/mol. The molecule has 1 fully saturated rings. The summed E-state index contributed by atoms with van der Waals surface area (Å²) in [5.74, 6) is -1.01. The highest BCUT2D eigenvalue weighted by Gasteiger charge is 2.33. The van der Waals surface area contributed by atoms with Crippen molar-refractivity contribution in [2.24, 2.45) is 5.41 Å². The van der Waals surface area contributed by atoms with E-state index < -0.39 is 23.5 Å². The SMILES string of the molecule is CCN1CCCC(NC(=O)N[C@H](C(=O)O)C(C)(C)C)C1. The van der Waals surface area contributed by atoms with E-state index >= 15 is 0 Å². The number of piperidine rings is 1. The summed E-state index contributed by atoms with van der Waals surface area (Å²) >= 11 is 0. The molecule has 20 heavy (non-hydrogen) atoms. The van der Waals surface area contributed by atoms with Gasteiger partial charge in [-0.25, -0.2) is 9.59 Å². The van der Waals surface area contributed by atoms with Crippen LogP contribution in [-0.4, -0.2) is 53.7 Å². The molecule has 0 aromatic carbocycles. The summed E-state index contributed by atoms with van der Waals surface area (Å²) in [5.41, 5.74) is -0.523. The van der Waals surface area contributed by atoms with E-state index in [-0.39, 0.29) is 6.04 Å². The first-order valence-corrected chi connectivity index (χ1v) is 7.26. The molecule has 0 aromatic rings. The van der Waals surface area contributed by atoms with Crippen LogP contribution in [0, 0.1) is 5.41 Å². The average molecular weight is 285 g/mol. The number of rotatable bonds is 4. The van der Waals surface area contributed by atoms with Crippen LogP contribution in [0.4, 0.5) is 4.79 Å². The number of nitrogens with zero attached hydrogens (tertiary/aromatic N) is 1. The van der Waals surface area contributed by atoms with Crippen molar-refractivity contribution in [1.29, 1.82) is 0 Å². The summed E-state index contributed by atoms with van der Waals surface area (Å²) in [7, 11) is 0. The molecule has 1 rings (SSSR count). The number of amides is 2. The first-order chi connectivity index (χ1) is 9.24. The number of carbonyl (C=O) groups is 2. The van der Waals surface area contributed by atoms with Crippen LogP contribution in [0.25, 0.3) is 0 Å². The topological polar surface area (TPSA) is 81.7 Å². The van der Waals surface area contributed by atoms with Gasteiger partial charge in [-0.3, -0.25) is 0 Å². The molecule has 6 nitrogen and oxygen atoms in total. The fraction of sp³-hybridized carbons (Fsp3) is 0.857. The first kappa shape index (κ1) is 16.8. The summed E-state index contributed by atoms with van der Waals surface area (Å²) < 4.78 is 0. The zero-order valence-corrected chi connectivity index (χ0v) is 12.9. The molecule has 1 aliphatic rings. The van der Waals surface area contributed by atoms with Gasteiger partial charge in [-0.05, 0) is 31.3 Å². The molecule has 6 heteroatoms. The van der Waals surface area contributed by atoms with Crippen LogP contribution in [0.15, 0.2) is 0 Å². The lowest BCUT2D eigenvalue weighted by Crippen LogP contribution is -2.56. The number of likely N-dealkylation sites (N-methyl/N-ethyl adjacent to an activating group) is 1. The standard InChI is InChI=1S/C14H27N3O3/c1-5-17-8-6-7-10(9-17)15-13(20)16-11(12(18)19)14(2,3)4/h10-11H,5-9H2,1-4H3,(H,18,19)(H2,15,16,20)/t10?,11-/m1/s1. The normalized spacial score (nSPS) is 22.1. The number of carbonyl (C=O) groups excluding carboxylic acids is 1. The summed E-state index contributed by atoms with van der Waals surface area (Å²) in [6, 6.07) is -1.19. The second-order valence-electron chi connectivity index (χ2n) is 6.49. The molecule has 1 aliphatic heterocycles. The van der Waals surface area contributed by atoms with Gasteiger partial charge in [-0.1, -0.05) is 27.7 Å². The maximum Gasteiger partial charge on any atom is 0.326 e. The number of hydrogen-bond donors (Lipinski definition) is 3. The van der Waals surface area contributed by atoms with Gasteiger partial charge in [0.1, 0.15) is 6.04 Å². The Balaban J connectivity index is 2.52. The van der Waals surface area contributed by atoms with Crippen molar-refractivity contribution in [3.05, 3.63) is 0 Å². The molecule has 0 aromatic heterocycles. The van der Waals surface area contributed by atoms with Gasteiger partial charge in [0.05, 0.1) is 0 Å². The fourth-order valence-electron chi connectivity index (χ4n) is 2.47. The average Bonchev–Trinajstić information content (AvgIpc) is 2.34. The second kappa shape index (κ2) is 6.92. The largest absolute Gasteiger partial charge is 0.480 e. The van der Waals surface area contributed by atoms with Crippen LogP contribution < -0.4 is 10.6 Å². The third-order valence-corrected chi connectivity index (χ3v) is 3.68. The Hall–Kier alpha value is -1.30. The van der Waals surface area contributed by atoms with Crippen molar-refractivity contribution in [3.63, 3.8) is 0 Å². The quantitative estimate of drug-likeness (QED) is 0.726. The lowest BCUT2D eigenvalue weighted by Gasteiger charge is -2.33. The maximum atomic E-state index is 12.0. The second-order valence-corrected chi connectivity index (χ2v) is 6.49. The van der Waals surface area contributed by atoms with Crippen LogP contribution in [0.1, 0.15) is 40.5 Å². The van der Waals surface area contributed by atoms with E-state index in [0.29, 0.717) is 0 Å². The molecule has 1 saturated heterocycles. The van der Waals surface area contributed by atoms with Crippen LogP contribution in [-0.2, 0) is 4.79 Å². The Labute approximate surface area is 120 Å². The molecule has 116 valence electrons. The van der Waals surface area contributed by atoms with Gasteiger partial charge in [-0.15, -0.1) is 0 Å². The number of nitrogens with one attached hydrogen (secondary N) is 2. The molecule has 0 bridgehead atoms. The third kappa shape index (κ3) is 5.00. The van der Waals surface area contributed by atoms with E-state index in [9.17, 15) is 14.7 Å². The zero-order valence-electron chi connectivity index (χ0n) is 12.9. The molecular formula is C14H27N3O3. The Morgan fingerprint density at radius 3 is 2.55 bits per heavy atom. The maximum absolute atomic E-state index is 12.0. The summed E-state index contributed by atoms with van der Waals surface area (Å²) in [5, 5.41) is 14.6. The van der Waals surface area contributed by atoms with E-state index in [1.54, 1.807) is 20.8 Å². The number of carboxylic acids is 1. The third-order valence-electron chi connectivity index (χ3n) is 3.68. The van der Waals surface area contributed by atoms with Gasteiger partial charge in [0.2, 0.25) is 0 Å². The smallest absolute Gasteiger partial charge is 0.326 e. The van der Waals surface area contributed by atoms with Crippen molar-refractivity contribution >= 4 is 12.0 Å². The minimum Gasteiger partial charge on any atom is -0.480 e. The zero-order chi connectivity index (χ0) is 15.3. The number of aliphatic carboxylic acids is 1. The van der Waals surface area contributed by atoms with Crippen LogP contribution >= 0.6 is 0 Å². The van der Waals surface area contributed by atoms with Gasteiger partial charge < -0.3 is 20.6 Å². The van der Waals surface area contributed by atoms with Gasteiger partial charge >= 0.3 is 12.0 Å². The van der Waals surface area contributed by atoms with Gasteiger partial charge in [0.25, 0.3) is 0 Å². The number of carboxylic acid groups (broad SMARTS) is 1. The Morgan fingerprint density at radius 2 is 2.05 bits per heavy atom. The fourth-order valence-corrected chi connectivity index (χ4v) is 2.47. The molecule has 0 aliphatic carbocycles. The lowest BCUT2D eigenvalue weighted by atomic mass is 9.87. The van der Waals surface area contributed by atoms with Crippen molar-refractivity contribution in [2.45, 2.75) is 52.6 Å². The van der Waals surface area contributed by atoms with Crippen molar-refractivity contribution < 1.29 is 14.7 Å². The van der Waals surface area contributed by atoms with Gasteiger partial charge in [0.15, 0.2) is 0 Å². The molecule has 3 N–H and O–H groups in total. The first-order valence-electron chi connectivity index (χ1n) is 7.26. The molecule has 2 amide bonds. The molecule has 2 atom stereocenters. The van der Waals surface area contributed by atoms with E-state index in [1.807, 2.05) is 0 Å². The Morgan fingerprint density at radius 1 is 1.40 bits per heavy atom. The van der Waals surface area contributed by atoms with Crippen molar-refractivity contribution in [1.82, 2.24) is 15.5 Å². The predicted molar refractivity (Wildman–Crippen MR) is 77.7 cm³/mol. The van der Waals surface area contributed by atoms with E-state index in [2.05, 4.69) is 22.5 Å². The van der Waals surface area contributed by atoms with E-state index in [0.717, 1.165) is 32.5 Å². The molecule has 0 radical (unpaired) electrons. The number of urea groups is 1. The van der Waals surface area contributed by atoms with E-state index in [4.69, 9.17) is 0 Å². The highest BCUT2D eigenvalue weighted by Crippen LogP contribution is 2.19. The minimum absolute atomic E-state index is 0.0955. The summed E-state index contributed by atoms with van der Waals surface area (Å²) in [6.07, 6.45) is 2.00. The molecule has 1 heterocycles. The molecule has 0 spiro atoms. The Bertz CT molecular complexity index is 352.